The molecule has 8 heteroatoms. The standard InChI is InChI=1S/C17H22Cl2N4OS/c1-3-5-7-11(4-2)10-20-16-22-23-17(25-16)21-15(24)14-12(18)8-6-9-13(14)19/h6,8-9,11H,3-5,7,10H2,1-2H3,(H,20,22)(H,21,23,24). The number of hydrogen-bond donors (Lipinski definition) is 2. The van der Waals surface area contributed by atoms with E-state index < -0.39 is 5.91 Å². The first-order chi connectivity index (χ1) is 12.0. The molecular weight excluding hydrogens is 379 g/mol. The van der Waals surface area contributed by atoms with Crippen LogP contribution < -0.4 is 10.6 Å². The highest BCUT2D eigenvalue weighted by molar-refractivity contribution is 7.19. The van der Waals surface area contributed by atoms with Crippen LogP contribution in [0.1, 0.15) is 49.9 Å². The van der Waals surface area contributed by atoms with E-state index in [1.165, 1.54) is 30.6 Å². The fraction of sp³-hybridized carbons (Fsp3) is 0.471. The van der Waals surface area contributed by atoms with E-state index >= 15 is 0 Å². The molecule has 1 atom stereocenters. The van der Waals surface area contributed by atoms with E-state index in [0.29, 0.717) is 26.2 Å². The van der Waals surface area contributed by atoms with Crippen molar-refractivity contribution in [1.82, 2.24) is 10.2 Å². The van der Waals surface area contributed by atoms with Gasteiger partial charge in [-0.1, -0.05) is 73.7 Å². The maximum atomic E-state index is 12.3. The van der Waals surface area contributed by atoms with E-state index in [1.54, 1.807) is 18.2 Å². The second-order valence-corrected chi connectivity index (χ2v) is 7.55. The van der Waals surface area contributed by atoms with Gasteiger partial charge in [0, 0.05) is 6.54 Å². The van der Waals surface area contributed by atoms with Crippen molar-refractivity contribution in [2.24, 2.45) is 5.92 Å². The molecule has 1 aromatic heterocycles. The molecule has 0 saturated carbocycles. The van der Waals surface area contributed by atoms with Gasteiger partial charge < -0.3 is 5.32 Å². The molecule has 1 unspecified atom stereocenters. The molecule has 5 nitrogen and oxygen atoms in total. The maximum absolute atomic E-state index is 12.3. The summed E-state index contributed by atoms with van der Waals surface area (Å²) in [7, 11) is 0. The van der Waals surface area contributed by atoms with E-state index in [0.717, 1.165) is 13.0 Å². The predicted molar refractivity (Wildman–Crippen MR) is 106 cm³/mol. The summed E-state index contributed by atoms with van der Waals surface area (Å²) in [6.45, 7) is 5.25. The number of aromatic nitrogens is 2. The number of halogens is 2. The van der Waals surface area contributed by atoms with Crippen LogP contribution in [0, 0.1) is 5.92 Å². The molecule has 1 heterocycles. The molecule has 0 bridgehead atoms. The van der Waals surface area contributed by atoms with Gasteiger partial charge in [-0.25, -0.2) is 0 Å². The van der Waals surface area contributed by atoms with Crippen molar-refractivity contribution < 1.29 is 4.79 Å². The number of carbonyl (C=O) groups excluding carboxylic acids is 1. The smallest absolute Gasteiger partial charge is 0.260 e. The van der Waals surface area contributed by atoms with Gasteiger partial charge in [-0.05, 0) is 24.5 Å². The van der Waals surface area contributed by atoms with Crippen LogP contribution in [0.5, 0.6) is 0 Å². The zero-order valence-corrected chi connectivity index (χ0v) is 16.6. The van der Waals surface area contributed by atoms with Crippen LogP contribution in [0.4, 0.5) is 10.3 Å². The van der Waals surface area contributed by atoms with Gasteiger partial charge in [0.25, 0.3) is 5.91 Å². The Bertz CT molecular complexity index is 687. The van der Waals surface area contributed by atoms with Crippen LogP contribution in [0.3, 0.4) is 0 Å². The average Bonchev–Trinajstić information content (AvgIpc) is 3.02. The maximum Gasteiger partial charge on any atom is 0.260 e. The summed E-state index contributed by atoms with van der Waals surface area (Å²) in [6.07, 6.45) is 4.76. The highest BCUT2D eigenvalue weighted by Gasteiger charge is 2.16. The minimum absolute atomic E-state index is 0.237. The Morgan fingerprint density at radius 2 is 1.88 bits per heavy atom. The molecule has 0 aliphatic rings. The molecule has 2 rings (SSSR count). The summed E-state index contributed by atoms with van der Waals surface area (Å²) in [5, 5.41) is 15.8. The van der Waals surface area contributed by atoms with Crippen molar-refractivity contribution in [1.29, 1.82) is 0 Å². The van der Waals surface area contributed by atoms with Crippen molar-refractivity contribution in [2.75, 3.05) is 17.2 Å². The molecule has 2 aromatic rings. The SMILES string of the molecule is CCCCC(CC)CNc1nnc(NC(=O)c2c(Cl)cccc2Cl)s1. The Morgan fingerprint density at radius 3 is 2.52 bits per heavy atom. The largest absolute Gasteiger partial charge is 0.360 e. The highest BCUT2D eigenvalue weighted by atomic mass is 35.5. The third-order valence-electron chi connectivity index (χ3n) is 3.92. The molecule has 2 N–H and O–H groups in total. The number of amides is 1. The first-order valence-electron chi connectivity index (χ1n) is 8.37. The molecule has 1 amide bonds. The number of anilines is 2. The zero-order chi connectivity index (χ0) is 18.2. The van der Waals surface area contributed by atoms with Gasteiger partial charge in [0.05, 0.1) is 15.6 Å². The van der Waals surface area contributed by atoms with Crippen molar-refractivity contribution in [3.63, 3.8) is 0 Å². The second kappa shape index (κ2) is 9.94. The summed E-state index contributed by atoms with van der Waals surface area (Å²) >= 11 is 13.4. The number of unbranched alkanes of at least 4 members (excludes halogenated alkanes) is 1. The summed E-state index contributed by atoms with van der Waals surface area (Å²) in [5.74, 6) is 0.219. The van der Waals surface area contributed by atoms with Gasteiger partial charge in [-0.3, -0.25) is 10.1 Å². The molecule has 0 fully saturated rings. The Balaban J connectivity index is 1.94. The Kier molecular flexibility index (Phi) is 7.93. The van der Waals surface area contributed by atoms with Crippen LogP contribution in [0.2, 0.25) is 10.0 Å². The lowest BCUT2D eigenvalue weighted by Gasteiger charge is -2.14. The molecule has 0 radical (unpaired) electrons. The van der Waals surface area contributed by atoms with Crippen molar-refractivity contribution in [3.05, 3.63) is 33.8 Å². The topological polar surface area (TPSA) is 66.9 Å². The molecule has 0 aliphatic heterocycles. The number of nitrogens with one attached hydrogen (secondary N) is 2. The van der Waals surface area contributed by atoms with Gasteiger partial charge >= 0.3 is 0 Å². The molecular formula is C17H22Cl2N4OS. The zero-order valence-electron chi connectivity index (χ0n) is 14.3. The van der Waals surface area contributed by atoms with Crippen LogP contribution >= 0.6 is 34.5 Å². The van der Waals surface area contributed by atoms with Gasteiger partial charge in [0.15, 0.2) is 0 Å². The lowest BCUT2D eigenvalue weighted by Crippen LogP contribution is -2.13. The average molecular weight is 401 g/mol. The van der Waals surface area contributed by atoms with Gasteiger partial charge in [0.1, 0.15) is 0 Å². The third-order valence-corrected chi connectivity index (χ3v) is 5.35. The number of nitrogens with zero attached hydrogens (tertiary/aromatic N) is 2. The second-order valence-electron chi connectivity index (χ2n) is 5.76. The van der Waals surface area contributed by atoms with Gasteiger partial charge in [-0.2, -0.15) is 0 Å². The molecule has 25 heavy (non-hydrogen) atoms. The third kappa shape index (κ3) is 5.83. The highest BCUT2D eigenvalue weighted by Crippen LogP contribution is 2.27. The molecule has 0 spiro atoms. The predicted octanol–water partition coefficient (Wildman–Crippen LogP) is 5.73. The minimum Gasteiger partial charge on any atom is -0.360 e. The number of carbonyl (C=O) groups is 1. The summed E-state index contributed by atoms with van der Waals surface area (Å²) in [4.78, 5) is 12.3. The summed E-state index contributed by atoms with van der Waals surface area (Å²) in [6, 6.07) is 4.93. The van der Waals surface area contributed by atoms with E-state index in [-0.39, 0.29) is 5.56 Å². The fourth-order valence-electron chi connectivity index (χ4n) is 2.39. The molecule has 1 aromatic carbocycles. The van der Waals surface area contributed by atoms with E-state index in [4.69, 9.17) is 23.2 Å². The van der Waals surface area contributed by atoms with Crippen LogP contribution in [-0.4, -0.2) is 22.6 Å². The van der Waals surface area contributed by atoms with E-state index in [2.05, 4.69) is 34.7 Å². The monoisotopic (exact) mass is 400 g/mol. The van der Waals surface area contributed by atoms with Crippen molar-refractivity contribution >= 4 is 50.7 Å². The first-order valence-corrected chi connectivity index (χ1v) is 9.95. The molecule has 136 valence electrons. The number of benzene rings is 1. The molecule has 0 saturated heterocycles. The van der Waals surface area contributed by atoms with Crippen LogP contribution in [0.15, 0.2) is 18.2 Å². The van der Waals surface area contributed by atoms with Gasteiger partial charge in [0.2, 0.25) is 10.3 Å². The van der Waals surface area contributed by atoms with E-state index in [9.17, 15) is 4.79 Å². The normalized spacial score (nSPS) is 12.0. The Morgan fingerprint density at radius 1 is 1.20 bits per heavy atom. The van der Waals surface area contributed by atoms with Crippen LogP contribution in [-0.2, 0) is 0 Å². The summed E-state index contributed by atoms with van der Waals surface area (Å²) in [5.41, 5.74) is 0.237. The van der Waals surface area contributed by atoms with Crippen molar-refractivity contribution in [2.45, 2.75) is 39.5 Å². The Hall–Kier alpha value is -1.37. The summed E-state index contributed by atoms with van der Waals surface area (Å²) < 4.78 is 0. The van der Waals surface area contributed by atoms with Crippen molar-refractivity contribution in [3.8, 4) is 0 Å². The minimum atomic E-state index is -0.396. The number of hydrogen-bond acceptors (Lipinski definition) is 5. The quantitative estimate of drug-likeness (QED) is 0.564. The Labute approximate surface area is 162 Å². The first kappa shape index (κ1) is 19.9. The van der Waals surface area contributed by atoms with E-state index in [1.807, 2.05) is 0 Å². The lowest BCUT2D eigenvalue weighted by molar-refractivity contribution is 0.102. The molecule has 0 aliphatic carbocycles. The van der Waals surface area contributed by atoms with Crippen LogP contribution in [0.25, 0.3) is 0 Å². The number of rotatable bonds is 9. The lowest BCUT2D eigenvalue weighted by atomic mass is 10.00. The fourth-order valence-corrected chi connectivity index (χ4v) is 3.61. The van der Waals surface area contributed by atoms with Gasteiger partial charge in [-0.15, -0.1) is 10.2 Å².